The van der Waals surface area contributed by atoms with E-state index in [9.17, 15) is 0 Å². The first-order valence-corrected chi connectivity index (χ1v) is 7.38. The van der Waals surface area contributed by atoms with Crippen LogP contribution in [0.5, 0.6) is 0 Å². The van der Waals surface area contributed by atoms with Gasteiger partial charge in [-0.2, -0.15) is 5.10 Å². The summed E-state index contributed by atoms with van der Waals surface area (Å²) >= 11 is 0. The molecule has 0 atom stereocenters. The Morgan fingerprint density at radius 1 is 1.13 bits per heavy atom. The largest absolute Gasteiger partial charge is 0.336 e. The zero-order valence-electron chi connectivity index (χ0n) is 12.7. The molecule has 1 aromatic carbocycles. The number of hydrogen-bond acceptors (Lipinski definition) is 4. The quantitative estimate of drug-likeness (QED) is 0.609. The molecular weight excluding hydrogens is 288 g/mol. The summed E-state index contributed by atoms with van der Waals surface area (Å²) < 4.78 is 1.75. The van der Waals surface area contributed by atoms with Gasteiger partial charge in [-0.05, 0) is 17.2 Å². The van der Waals surface area contributed by atoms with Gasteiger partial charge in [-0.3, -0.25) is 4.68 Å². The molecule has 0 radical (unpaired) electrons. The normalized spacial score (nSPS) is 11.2. The number of benzene rings is 1. The molecule has 4 rings (SSSR count). The Bertz CT molecular complexity index is 964. The number of nitrogens with one attached hydrogen (secondary N) is 1. The Hall–Kier alpha value is -2.99. The lowest BCUT2D eigenvalue weighted by atomic mass is 10.0. The summed E-state index contributed by atoms with van der Waals surface area (Å²) in [6.45, 7) is 0.543. The summed E-state index contributed by atoms with van der Waals surface area (Å²) in [7, 11) is 1.88. The summed E-state index contributed by atoms with van der Waals surface area (Å²) in [5, 5.41) is 4.19. The van der Waals surface area contributed by atoms with Crippen LogP contribution in [0.15, 0.2) is 48.9 Å². The third kappa shape index (κ3) is 2.39. The molecule has 0 unspecified atom stereocenters. The van der Waals surface area contributed by atoms with Crippen molar-refractivity contribution in [2.45, 2.75) is 6.54 Å². The number of fused-ring (bicyclic) bond motifs is 1. The summed E-state index contributed by atoms with van der Waals surface area (Å²) in [4.78, 5) is 12.3. The lowest BCUT2D eigenvalue weighted by Crippen LogP contribution is -1.95. The fraction of sp³-hybridized carbons (Fsp3) is 0.118. The second-order valence-corrected chi connectivity index (χ2v) is 5.45. The molecule has 0 aliphatic carbocycles. The third-order valence-corrected chi connectivity index (χ3v) is 3.87. The smallest absolute Gasteiger partial charge is 0.178 e. The number of nitrogens with zero attached hydrogens (tertiary/aromatic N) is 4. The molecule has 4 aromatic rings. The zero-order chi connectivity index (χ0) is 15.8. The van der Waals surface area contributed by atoms with E-state index in [-0.39, 0.29) is 0 Å². The van der Waals surface area contributed by atoms with Crippen LogP contribution in [0.1, 0.15) is 5.56 Å². The van der Waals surface area contributed by atoms with Gasteiger partial charge in [0.05, 0.1) is 17.3 Å². The van der Waals surface area contributed by atoms with Crippen LogP contribution in [0.2, 0.25) is 0 Å². The van der Waals surface area contributed by atoms with E-state index in [2.05, 4.69) is 32.2 Å². The molecule has 3 heterocycles. The fourth-order valence-electron chi connectivity index (χ4n) is 2.65. The van der Waals surface area contributed by atoms with Gasteiger partial charge in [0.25, 0.3) is 0 Å². The van der Waals surface area contributed by atoms with Crippen molar-refractivity contribution >= 4 is 11.2 Å². The monoisotopic (exact) mass is 304 g/mol. The van der Waals surface area contributed by atoms with Crippen molar-refractivity contribution in [3.63, 3.8) is 0 Å². The average Bonchev–Trinajstić information content (AvgIpc) is 3.20. The third-order valence-electron chi connectivity index (χ3n) is 3.87. The minimum absolute atomic E-state index is 0.543. The average molecular weight is 304 g/mol. The molecular formula is C17H16N6. The fourth-order valence-corrected chi connectivity index (χ4v) is 2.65. The van der Waals surface area contributed by atoms with Crippen LogP contribution < -0.4 is 5.73 Å². The van der Waals surface area contributed by atoms with E-state index < -0.39 is 0 Å². The van der Waals surface area contributed by atoms with Gasteiger partial charge < -0.3 is 10.7 Å². The van der Waals surface area contributed by atoms with E-state index in [1.165, 1.54) is 0 Å². The second kappa shape index (κ2) is 5.33. The minimum Gasteiger partial charge on any atom is -0.336 e. The first-order chi connectivity index (χ1) is 11.2. The zero-order valence-corrected chi connectivity index (χ0v) is 12.7. The molecule has 0 fully saturated rings. The lowest BCUT2D eigenvalue weighted by Gasteiger charge is -2.04. The standard InChI is InChI=1S/C17H16N6/c1-23-10-13(9-20-23)16-21-15-14(6-7-19-17(15)22-16)12-4-2-11(8-18)3-5-12/h2-7,9-10H,8,18H2,1H3,(H,19,21,22). The number of aryl methyl sites for hydroxylation is 1. The number of imidazole rings is 1. The van der Waals surface area contributed by atoms with Crippen LogP contribution in [-0.2, 0) is 13.6 Å². The summed E-state index contributed by atoms with van der Waals surface area (Å²) in [5.41, 5.74) is 11.5. The van der Waals surface area contributed by atoms with Gasteiger partial charge in [-0.15, -0.1) is 0 Å². The van der Waals surface area contributed by atoms with Gasteiger partial charge in [0.1, 0.15) is 5.82 Å². The SMILES string of the molecule is Cn1cc(-c2nc3nccc(-c4ccc(CN)cc4)c3[nH]2)cn1. The Balaban J connectivity index is 1.85. The maximum Gasteiger partial charge on any atom is 0.178 e. The van der Waals surface area contributed by atoms with Gasteiger partial charge in [0.2, 0.25) is 0 Å². The Morgan fingerprint density at radius 3 is 2.65 bits per heavy atom. The van der Waals surface area contributed by atoms with Gasteiger partial charge >= 0.3 is 0 Å². The molecule has 3 N–H and O–H groups in total. The predicted octanol–water partition coefficient (Wildman–Crippen LogP) is 2.48. The highest BCUT2D eigenvalue weighted by atomic mass is 15.2. The highest BCUT2D eigenvalue weighted by molar-refractivity contribution is 5.91. The van der Waals surface area contributed by atoms with Crippen molar-refractivity contribution in [1.82, 2.24) is 24.7 Å². The van der Waals surface area contributed by atoms with Gasteiger partial charge in [-0.1, -0.05) is 24.3 Å². The Labute approximate surface area is 133 Å². The molecule has 0 saturated heterocycles. The van der Waals surface area contributed by atoms with Crippen LogP contribution in [0.25, 0.3) is 33.7 Å². The van der Waals surface area contributed by atoms with Crippen molar-refractivity contribution in [3.05, 3.63) is 54.5 Å². The first-order valence-electron chi connectivity index (χ1n) is 7.38. The van der Waals surface area contributed by atoms with Crippen LogP contribution in [0.4, 0.5) is 0 Å². The van der Waals surface area contributed by atoms with Gasteiger partial charge in [0.15, 0.2) is 5.65 Å². The molecule has 0 aliphatic heterocycles. The Kier molecular flexibility index (Phi) is 3.17. The van der Waals surface area contributed by atoms with E-state index in [0.717, 1.165) is 33.6 Å². The first kappa shape index (κ1) is 13.7. The summed E-state index contributed by atoms with van der Waals surface area (Å²) in [6.07, 6.45) is 5.49. The number of hydrogen-bond donors (Lipinski definition) is 2. The Morgan fingerprint density at radius 2 is 1.96 bits per heavy atom. The number of rotatable bonds is 3. The molecule has 3 aromatic heterocycles. The highest BCUT2D eigenvalue weighted by Crippen LogP contribution is 2.28. The number of aromatic nitrogens is 5. The molecule has 0 spiro atoms. The number of nitrogens with two attached hydrogens (primary N) is 1. The van der Waals surface area contributed by atoms with Gasteiger partial charge in [-0.25, -0.2) is 9.97 Å². The molecule has 0 aliphatic rings. The molecule has 0 saturated carbocycles. The molecule has 0 amide bonds. The van der Waals surface area contributed by atoms with E-state index in [1.807, 2.05) is 31.4 Å². The van der Waals surface area contributed by atoms with Crippen molar-refractivity contribution in [2.75, 3.05) is 0 Å². The molecule has 23 heavy (non-hydrogen) atoms. The van der Waals surface area contributed by atoms with Gasteiger partial charge in [0, 0.05) is 31.5 Å². The van der Waals surface area contributed by atoms with E-state index in [0.29, 0.717) is 12.2 Å². The summed E-state index contributed by atoms with van der Waals surface area (Å²) in [5.74, 6) is 0.770. The van der Waals surface area contributed by atoms with Crippen LogP contribution in [0.3, 0.4) is 0 Å². The van der Waals surface area contributed by atoms with Crippen LogP contribution in [0, 0.1) is 0 Å². The topological polar surface area (TPSA) is 85.4 Å². The van der Waals surface area contributed by atoms with Crippen molar-refractivity contribution in [2.24, 2.45) is 12.8 Å². The molecule has 114 valence electrons. The molecule has 6 nitrogen and oxygen atoms in total. The van der Waals surface area contributed by atoms with E-state index in [1.54, 1.807) is 17.1 Å². The molecule has 6 heteroatoms. The van der Waals surface area contributed by atoms with Crippen molar-refractivity contribution in [3.8, 4) is 22.5 Å². The van der Waals surface area contributed by atoms with Crippen LogP contribution >= 0.6 is 0 Å². The lowest BCUT2D eigenvalue weighted by molar-refractivity contribution is 0.768. The second-order valence-electron chi connectivity index (χ2n) is 5.45. The maximum atomic E-state index is 5.66. The maximum absolute atomic E-state index is 5.66. The number of aromatic amines is 1. The molecule has 0 bridgehead atoms. The van der Waals surface area contributed by atoms with Crippen molar-refractivity contribution in [1.29, 1.82) is 0 Å². The summed E-state index contributed by atoms with van der Waals surface area (Å²) in [6, 6.07) is 10.2. The number of H-pyrrole nitrogens is 1. The number of pyridine rings is 1. The van der Waals surface area contributed by atoms with Crippen molar-refractivity contribution < 1.29 is 0 Å². The van der Waals surface area contributed by atoms with E-state index in [4.69, 9.17) is 5.73 Å². The minimum atomic E-state index is 0.543. The predicted molar refractivity (Wildman–Crippen MR) is 89.4 cm³/mol. The van der Waals surface area contributed by atoms with E-state index >= 15 is 0 Å². The highest BCUT2D eigenvalue weighted by Gasteiger charge is 2.12. The van der Waals surface area contributed by atoms with Crippen LogP contribution in [-0.4, -0.2) is 24.7 Å².